The van der Waals surface area contributed by atoms with E-state index in [9.17, 15) is 4.79 Å². The number of hydrogen-bond donors (Lipinski definition) is 0. The molecule has 0 spiro atoms. The van der Waals surface area contributed by atoms with Gasteiger partial charge < -0.3 is 18.9 Å². The predicted octanol–water partition coefficient (Wildman–Crippen LogP) is 3.78. The molecule has 31 heavy (non-hydrogen) atoms. The molecule has 1 aromatic carbocycles. The van der Waals surface area contributed by atoms with Gasteiger partial charge in [0.2, 0.25) is 0 Å². The van der Waals surface area contributed by atoms with Crippen LogP contribution in [0.2, 0.25) is 0 Å². The number of ether oxygens (including phenoxy) is 2. The molecule has 1 saturated heterocycles. The molecule has 1 aromatic heterocycles. The molecule has 0 bridgehead atoms. The third-order valence-corrected chi connectivity index (χ3v) is 6.48. The minimum Gasteiger partial charge on any atom is -0.383 e. The van der Waals surface area contributed by atoms with Crippen LogP contribution in [0.5, 0.6) is 0 Å². The Balaban J connectivity index is 1.67. The molecule has 3 heterocycles. The van der Waals surface area contributed by atoms with Crippen molar-refractivity contribution in [3.8, 4) is 11.1 Å². The maximum Gasteiger partial charge on any atom is 0.253 e. The first-order valence-corrected chi connectivity index (χ1v) is 11.2. The monoisotopic (exact) mass is 423 g/mol. The number of rotatable bonds is 6. The van der Waals surface area contributed by atoms with E-state index in [1.807, 2.05) is 25.4 Å². The van der Waals surface area contributed by atoms with Crippen LogP contribution in [0.3, 0.4) is 0 Å². The first-order valence-electron chi connectivity index (χ1n) is 11.2. The maximum atomic E-state index is 12.1. The Hall–Kier alpha value is -2.44. The Morgan fingerprint density at radius 2 is 2.00 bits per heavy atom. The van der Waals surface area contributed by atoms with Gasteiger partial charge in [0.1, 0.15) is 6.17 Å². The SMILES string of the molecule is COCC(C)N1c2ccc(-c3cc(C)c(=O)n(C)c3)cc2C=N[C@@H]1CC1CCOCC1. The molecule has 6 nitrogen and oxygen atoms in total. The Labute approximate surface area is 184 Å². The molecule has 2 aromatic rings. The van der Waals surface area contributed by atoms with Crippen LogP contribution in [0.25, 0.3) is 11.1 Å². The quantitative estimate of drug-likeness (QED) is 0.710. The van der Waals surface area contributed by atoms with Gasteiger partial charge >= 0.3 is 0 Å². The van der Waals surface area contributed by atoms with E-state index in [1.165, 1.54) is 5.69 Å². The fourth-order valence-corrected chi connectivity index (χ4v) is 4.81. The number of pyridine rings is 1. The van der Waals surface area contributed by atoms with Crippen molar-refractivity contribution >= 4 is 11.9 Å². The number of benzene rings is 1. The van der Waals surface area contributed by atoms with Gasteiger partial charge in [0.25, 0.3) is 5.56 Å². The molecule has 1 fully saturated rings. The van der Waals surface area contributed by atoms with Gasteiger partial charge in [0, 0.05) is 56.6 Å². The van der Waals surface area contributed by atoms with E-state index < -0.39 is 0 Å². The number of aromatic nitrogens is 1. The number of methoxy groups -OCH3 is 1. The zero-order valence-electron chi connectivity index (χ0n) is 19.0. The summed E-state index contributed by atoms with van der Waals surface area (Å²) in [6.07, 6.45) is 7.29. The fraction of sp³-hybridized carbons (Fsp3) is 0.520. The van der Waals surface area contributed by atoms with E-state index >= 15 is 0 Å². The molecular weight excluding hydrogens is 390 g/mol. The molecule has 2 aliphatic heterocycles. The molecule has 166 valence electrons. The number of aliphatic imine (C=N–C) groups is 1. The second kappa shape index (κ2) is 9.37. The first-order chi connectivity index (χ1) is 15.0. The van der Waals surface area contributed by atoms with Crippen molar-refractivity contribution in [1.82, 2.24) is 4.57 Å². The normalized spacial score (nSPS) is 20.0. The maximum absolute atomic E-state index is 12.1. The van der Waals surface area contributed by atoms with Crippen molar-refractivity contribution < 1.29 is 9.47 Å². The van der Waals surface area contributed by atoms with Gasteiger partial charge in [0.05, 0.1) is 12.6 Å². The highest BCUT2D eigenvalue weighted by molar-refractivity contribution is 5.92. The molecular formula is C25H33N3O3. The first kappa shape index (κ1) is 21.8. The van der Waals surface area contributed by atoms with E-state index in [4.69, 9.17) is 14.5 Å². The molecule has 0 N–H and O–H groups in total. The molecule has 0 amide bonds. The molecule has 2 atom stereocenters. The van der Waals surface area contributed by atoms with Crippen LogP contribution in [0.1, 0.15) is 37.3 Å². The molecule has 4 rings (SSSR count). The van der Waals surface area contributed by atoms with Crippen molar-refractivity contribution in [3.05, 3.63) is 51.9 Å². The smallest absolute Gasteiger partial charge is 0.253 e. The average Bonchev–Trinajstić information content (AvgIpc) is 2.77. The highest BCUT2D eigenvalue weighted by Gasteiger charge is 2.30. The fourth-order valence-electron chi connectivity index (χ4n) is 4.81. The van der Waals surface area contributed by atoms with Crippen LogP contribution < -0.4 is 10.5 Å². The van der Waals surface area contributed by atoms with Crippen LogP contribution in [0.15, 0.2) is 40.2 Å². The van der Waals surface area contributed by atoms with Crippen LogP contribution >= 0.6 is 0 Å². The summed E-state index contributed by atoms with van der Waals surface area (Å²) >= 11 is 0. The minimum atomic E-state index is 0.0405. The van der Waals surface area contributed by atoms with Crippen molar-refractivity contribution in [2.24, 2.45) is 18.0 Å². The lowest BCUT2D eigenvalue weighted by Crippen LogP contribution is -2.46. The summed E-state index contributed by atoms with van der Waals surface area (Å²) in [6, 6.07) is 8.70. The third kappa shape index (κ3) is 4.60. The molecule has 6 heteroatoms. The minimum absolute atomic E-state index is 0.0405. The molecule has 0 radical (unpaired) electrons. The molecule has 1 unspecified atom stereocenters. The van der Waals surface area contributed by atoms with Crippen molar-refractivity contribution in [1.29, 1.82) is 0 Å². The summed E-state index contributed by atoms with van der Waals surface area (Å²) in [6.45, 7) is 6.43. The highest BCUT2D eigenvalue weighted by atomic mass is 16.5. The van der Waals surface area contributed by atoms with Gasteiger partial charge in [-0.05, 0) is 68.4 Å². The lowest BCUT2D eigenvalue weighted by atomic mass is 9.92. The summed E-state index contributed by atoms with van der Waals surface area (Å²) in [5, 5.41) is 0. The predicted molar refractivity (Wildman–Crippen MR) is 125 cm³/mol. The zero-order valence-corrected chi connectivity index (χ0v) is 19.0. The largest absolute Gasteiger partial charge is 0.383 e. The molecule has 2 aliphatic rings. The number of anilines is 1. The van der Waals surface area contributed by atoms with E-state index in [-0.39, 0.29) is 17.8 Å². The topological polar surface area (TPSA) is 56.1 Å². The van der Waals surface area contributed by atoms with Gasteiger partial charge in [-0.1, -0.05) is 6.07 Å². The number of nitrogens with zero attached hydrogens (tertiary/aromatic N) is 3. The van der Waals surface area contributed by atoms with Crippen LogP contribution in [0.4, 0.5) is 5.69 Å². The molecule has 0 aliphatic carbocycles. The zero-order chi connectivity index (χ0) is 22.0. The van der Waals surface area contributed by atoms with E-state index in [2.05, 4.69) is 30.0 Å². The van der Waals surface area contributed by atoms with Gasteiger partial charge in [-0.15, -0.1) is 0 Å². The summed E-state index contributed by atoms with van der Waals surface area (Å²) in [5.41, 5.74) is 5.22. The van der Waals surface area contributed by atoms with Gasteiger partial charge in [0.15, 0.2) is 0 Å². The van der Waals surface area contributed by atoms with Gasteiger partial charge in [-0.2, -0.15) is 0 Å². The summed E-state index contributed by atoms with van der Waals surface area (Å²) in [7, 11) is 3.55. The standard InChI is InChI=1S/C25H33N3O3/c1-17-11-22(15-27(3)25(17)29)20-5-6-23-21(13-20)14-26-24(28(23)18(2)16-30-4)12-19-7-9-31-10-8-19/h5-6,11,13-15,18-19,24H,7-10,12,16H2,1-4H3/t18?,24-/m0/s1. The lowest BCUT2D eigenvalue weighted by molar-refractivity contribution is 0.0612. The van der Waals surface area contributed by atoms with Crippen molar-refractivity contribution in [2.75, 3.05) is 31.8 Å². The number of hydrogen-bond acceptors (Lipinski definition) is 5. The summed E-state index contributed by atoms with van der Waals surface area (Å²) in [4.78, 5) is 19.5. The highest BCUT2D eigenvalue weighted by Crippen LogP contribution is 2.35. The number of aryl methyl sites for hydroxylation is 2. The Morgan fingerprint density at radius 3 is 2.71 bits per heavy atom. The summed E-state index contributed by atoms with van der Waals surface area (Å²) < 4.78 is 12.7. The second-order valence-electron chi connectivity index (χ2n) is 8.86. The van der Waals surface area contributed by atoms with E-state index in [1.54, 1.807) is 18.7 Å². The van der Waals surface area contributed by atoms with Crippen molar-refractivity contribution in [3.63, 3.8) is 0 Å². The third-order valence-electron chi connectivity index (χ3n) is 6.48. The second-order valence-corrected chi connectivity index (χ2v) is 8.86. The van der Waals surface area contributed by atoms with Gasteiger partial charge in [-0.25, -0.2) is 0 Å². The van der Waals surface area contributed by atoms with Crippen LogP contribution in [0, 0.1) is 12.8 Å². The van der Waals surface area contributed by atoms with E-state index in [0.29, 0.717) is 12.5 Å². The van der Waals surface area contributed by atoms with E-state index in [0.717, 1.165) is 54.7 Å². The number of fused-ring (bicyclic) bond motifs is 1. The Kier molecular flexibility index (Phi) is 6.58. The summed E-state index contributed by atoms with van der Waals surface area (Å²) in [5.74, 6) is 0.641. The van der Waals surface area contributed by atoms with Gasteiger partial charge in [-0.3, -0.25) is 9.79 Å². The van der Waals surface area contributed by atoms with Crippen LogP contribution in [-0.2, 0) is 16.5 Å². The van der Waals surface area contributed by atoms with Crippen molar-refractivity contribution in [2.45, 2.75) is 45.3 Å². The average molecular weight is 424 g/mol. The Bertz CT molecular complexity index is 981. The lowest BCUT2D eigenvalue weighted by Gasteiger charge is -2.41. The molecule has 0 saturated carbocycles. The van der Waals surface area contributed by atoms with Crippen LogP contribution in [-0.4, -0.2) is 49.9 Å². The Morgan fingerprint density at radius 1 is 1.23 bits per heavy atom.